The van der Waals surface area contributed by atoms with Crippen molar-refractivity contribution in [2.75, 3.05) is 13.1 Å². The number of aliphatic carboxylic acids is 1. The monoisotopic (exact) mass is 144 g/mol. The lowest BCUT2D eigenvalue weighted by atomic mass is 10.1. The molecule has 0 aliphatic carbocycles. The predicted molar refractivity (Wildman–Crippen MR) is 36.6 cm³/mol. The molecule has 0 aromatic heterocycles. The van der Waals surface area contributed by atoms with Gasteiger partial charge in [-0.15, -0.1) is 0 Å². The SMILES string of the molecule is NC[C@@H]1CN[C@H](C(=O)O)C1. The van der Waals surface area contributed by atoms with Crippen molar-refractivity contribution in [2.45, 2.75) is 12.5 Å². The molecule has 4 nitrogen and oxygen atoms in total. The van der Waals surface area contributed by atoms with Crippen LogP contribution in [0.5, 0.6) is 0 Å². The molecule has 0 bridgehead atoms. The summed E-state index contributed by atoms with van der Waals surface area (Å²) < 4.78 is 0. The first-order chi connectivity index (χ1) is 4.74. The zero-order chi connectivity index (χ0) is 7.56. The van der Waals surface area contributed by atoms with E-state index in [4.69, 9.17) is 10.8 Å². The summed E-state index contributed by atoms with van der Waals surface area (Å²) in [5, 5.41) is 11.4. The molecule has 1 aliphatic heterocycles. The summed E-state index contributed by atoms with van der Waals surface area (Å²) in [5.41, 5.74) is 5.36. The average Bonchev–Trinajstić information content (AvgIpc) is 2.34. The largest absolute Gasteiger partial charge is 0.480 e. The number of nitrogens with two attached hydrogens (primary N) is 1. The fourth-order valence-electron chi connectivity index (χ4n) is 1.18. The zero-order valence-electron chi connectivity index (χ0n) is 5.71. The lowest BCUT2D eigenvalue weighted by Crippen LogP contribution is -2.29. The summed E-state index contributed by atoms with van der Waals surface area (Å²) in [4.78, 5) is 10.4. The van der Waals surface area contributed by atoms with Crippen LogP contribution >= 0.6 is 0 Å². The number of hydrogen-bond donors (Lipinski definition) is 3. The Morgan fingerprint density at radius 1 is 1.80 bits per heavy atom. The molecule has 0 radical (unpaired) electrons. The van der Waals surface area contributed by atoms with Crippen LogP contribution in [-0.2, 0) is 4.79 Å². The molecule has 0 saturated carbocycles. The fourth-order valence-corrected chi connectivity index (χ4v) is 1.18. The van der Waals surface area contributed by atoms with Crippen molar-refractivity contribution in [3.63, 3.8) is 0 Å². The van der Waals surface area contributed by atoms with Gasteiger partial charge in [0.15, 0.2) is 0 Å². The Balaban J connectivity index is 2.35. The third kappa shape index (κ3) is 1.46. The third-order valence-corrected chi connectivity index (χ3v) is 1.85. The summed E-state index contributed by atoms with van der Waals surface area (Å²) in [7, 11) is 0. The van der Waals surface area contributed by atoms with Crippen LogP contribution in [0.1, 0.15) is 6.42 Å². The van der Waals surface area contributed by atoms with Gasteiger partial charge in [0.1, 0.15) is 6.04 Å². The molecule has 1 aliphatic rings. The minimum Gasteiger partial charge on any atom is -0.480 e. The molecule has 0 unspecified atom stereocenters. The van der Waals surface area contributed by atoms with Gasteiger partial charge in [-0.25, -0.2) is 0 Å². The highest BCUT2D eigenvalue weighted by Crippen LogP contribution is 2.11. The van der Waals surface area contributed by atoms with Gasteiger partial charge in [0.25, 0.3) is 0 Å². The molecular weight excluding hydrogens is 132 g/mol. The van der Waals surface area contributed by atoms with Crippen LogP contribution in [0.15, 0.2) is 0 Å². The molecule has 1 rings (SSSR count). The molecule has 10 heavy (non-hydrogen) atoms. The van der Waals surface area contributed by atoms with Crippen molar-refractivity contribution in [1.82, 2.24) is 5.32 Å². The second-order valence-electron chi connectivity index (χ2n) is 2.64. The second kappa shape index (κ2) is 2.98. The molecule has 1 fully saturated rings. The molecular formula is C6H12N2O2. The van der Waals surface area contributed by atoms with Crippen LogP contribution in [0.3, 0.4) is 0 Å². The van der Waals surface area contributed by atoms with E-state index in [0.29, 0.717) is 18.9 Å². The smallest absolute Gasteiger partial charge is 0.320 e. The Morgan fingerprint density at radius 2 is 2.50 bits per heavy atom. The Hall–Kier alpha value is -0.610. The van der Waals surface area contributed by atoms with Crippen LogP contribution in [-0.4, -0.2) is 30.2 Å². The van der Waals surface area contributed by atoms with Crippen LogP contribution in [0.4, 0.5) is 0 Å². The van der Waals surface area contributed by atoms with Gasteiger partial charge in [-0.2, -0.15) is 0 Å². The maximum atomic E-state index is 10.4. The summed E-state index contributed by atoms with van der Waals surface area (Å²) >= 11 is 0. The first kappa shape index (κ1) is 7.50. The fraction of sp³-hybridized carbons (Fsp3) is 0.833. The summed E-state index contributed by atoms with van der Waals surface area (Å²) in [6.45, 7) is 1.32. The zero-order valence-corrected chi connectivity index (χ0v) is 5.71. The van der Waals surface area contributed by atoms with Crippen molar-refractivity contribution in [3.8, 4) is 0 Å². The standard InChI is InChI=1S/C6H12N2O2/c7-2-4-1-5(6(9)10)8-3-4/h4-5,8H,1-3,7H2,(H,9,10)/t4-,5+/m1/s1. The van der Waals surface area contributed by atoms with Crippen LogP contribution in [0.2, 0.25) is 0 Å². The maximum Gasteiger partial charge on any atom is 0.320 e. The molecule has 2 atom stereocenters. The van der Waals surface area contributed by atoms with Gasteiger partial charge in [0.2, 0.25) is 0 Å². The van der Waals surface area contributed by atoms with Crippen molar-refractivity contribution in [2.24, 2.45) is 11.7 Å². The lowest BCUT2D eigenvalue weighted by Gasteiger charge is -2.02. The summed E-state index contributed by atoms with van der Waals surface area (Å²) in [6, 6.07) is -0.367. The molecule has 0 aromatic rings. The predicted octanol–water partition coefficient (Wildman–Crippen LogP) is -0.992. The quantitative estimate of drug-likeness (QED) is 0.465. The van der Waals surface area contributed by atoms with E-state index in [2.05, 4.69) is 5.32 Å². The van der Waals surface area contributed by atoms with Crippen LogP contribution < -0.4 is 11.1 Å². The van der Waals surface area contributed by atoms with E-state index in [1.54, 1.807) is 0 Å². The number of carboxylic acid groups (broad SMARTS) is 1. The summed E-state index contributed by atoms with van der Waals surface area (Å²) in [5.74, 6) is -0.419. The number of rotatable bonds is 2. The van der Waals surface area contributed by atoms with E-state index in [1.165, 1.54) is 0 Å². The third-order valence-electron chi connectivity index (χ3n) is 1.85. The van der Waals surface area contributed by atoms with Crippen LogP contribution in [0.25, 0.3) is 0 Å². The normalized spacial score (nSPS) is 32.5. The topological polar surface area (TPSA) is 75.3 Å². The first-order valence-electron chi connectivity index (χ1n) is 3.40. The minimum atomic E-state index is -0.768. The molecule has 1 heterocycles. The molecule has 4 N–H and O–H groups in total. The van der Waals surface area contributed by atoms with Crippen LogP contribution in [0, 0.1) is 5.92 Å². The average molecular weight is 144 g/mol. The Bertz CT molecular complexity index is 138. The molecule has 0 aromatic carbocycles. The van der Waals surface area contributed by atoms with Gasteiger partial charge in [-0.3, -0.25) is 4.79 Å². The molecule has 0 spiro atoms. The first-order valence-corrected chi connectivity index (χ1v) is 3.40. The van der Waals surface area contributed by atoms with E-state index in [0.717, 1.165) is 6.54 Å². The Kier molecular flexibility index (Phi) is 2.24. The highest BCUT2D eigenvalue weighted by atomic mass is 16.4. The van der Waals surface area contributed by atoms with Crippen molar-refractivity contribution < 1.29 is 9.90 Å². The molecule has 58 valence electrons. The van der Waals surface area contributed by atoms with E-state index in [1.807, 2.05) is 0 Å². The lowest BCUT2D eigenvalue weighted by molar-refractivity contribution is -0.139. The molecule has 0 amide bonds. The van der Waals surface area contributed by atoms with E-state index >= 15 is 0 Å². The van der Waals surface area contributed by atoms with E-state index in [-0.39, 0.29) is 6.04 Å². The highest BCUT2D eigenvalue weighted by molar-refractivity contribution is 5.73. The number of hydrogen-bond acceptors (Lipinski definition) is 3. The molecule has 1 saturated heterocycles. The Morgan fingerprint density at radius 3 is 2.80 bits per heavy atom. The van der Waals surface area contributed by atoms with Gasteiger partial charge >= 0.3 is 5.97 Å². The highest BCUT2D eigenvalue weighted by Gasteiger charge is 2.27. The Labute approximate surface area is 59.4 Å². The molecule has 4 heteroatoms. The number of carbonyl (C=O) groups is 1. The minimum absolute atomic E-state index is 0.348. The van der Waals surface area contributed by atoms with Gasteiger partial charge in [-0.05, 0) is 18.9 Å². The van der Waals surface area contributed by atoms with E-state index in [9.17, 15) is 4.79 Å². The summed E-state index contributed by atoms with van der Waals surface area (Å²) in [6.07, 6.45) is 0.672. The maximum absolute atomic E-state index is 10.4. The van der Waals surface area contributed by atoms with Gasteiger partial charge in [-0.1, -0.05) is 0 Å². The second-order valence-corrected chi connectivity index (χ2v) is 2.64. The number of nitrogens with one attached hydrogen (secondary N) is 1. The number of carboxylic acids is 1. The van der Waals surface area contributed by atoms with Crippen molar-refractivity contribution in [1.29, 1.82) is 0 Å². The van der Waals surface area contributed by atoms with E-state index < -0.39 is 5.97 Å². The van der Waals surface area contributed by atoms with Gasteiger partial charge < -0.3 is 16.2 Å². The van der Waals surface area contributed by atoms with Crippen molar-refractivity contribution in [3.05, 3.63) is 0 Å². The van der Waals surface area contributed by atoms with Gasteiger partial charge in [0.05, 0.1) is 0 Å². The van der Waals surface area contributed by atoms with Crippen molar-refractivity contribution >= 4 is 5.97 Å². The van der Waals surface area contributed by atoms with Gasteiger partial charge in [0, 0.05) is 6.54 Å².